The minimum atomic E-state index is -1.82. The minimum Gasteiger partial charge on any atom is -0.453 e. The lowest BCUT2D eigenvalue weighted by Crippen LogP contribution is -2.65. The molecule has 0 aromatic carbocycles. The van der Waals surface area contributed by atoms with Gasteiger partial charge in [-0.3, -0.25) is 8.98 Å². The molecule has 0 aliphatic carbocycles. The fraction of sp³-hybridized carbons (Fsp3) is 0.907. The second kappa shape index (κ2) is 31.4. The number of carbonyl (C=O) groups is 2. The molecule has 0 radical (unpaired) electrons. The SMILES string of the molecule is CCCCCCCCCCCCCCCC(=O)OC1C(OC2OC(CO)C(O)C(OSOOO)C2O)OC(CO)C(O)C1OC(=O)/C(C)=C/[C@@H](C)C[C@@H](C)C[C@@H](C)CCC. The van der Waals surface area contributed by atoms with Gasteiger partial charge in [0.2, 0.25) is 6.29 Å². The standard InChI is InChI=1S/C43H78O16S/c1-7-9-10-11-12-13-14-15-16-17-18-19-20-22-34(46)54-40-39(55-41(50)31(6)25-30(5)24-29(4)23-28(3)21-8-2)36(48)33(27-45)53-43(40)56-42-37(49)38(57-60-59-58-51)35(47)32(26-44)52-42/h25,28-30,32-33,35-40,42-45,47-49,51H,7-24,26-27H2,1-6H3/b31-25+/t28-,29-,30-,32?,33?,35?,36?,37?,38?,39?,40?,42?,43?/m0/s1. The van der Waals surface area contributed by atoms with E-state index in [4.69, 9.17) is 33.1 Å². The summed E-state index contributed by atoms with van der Waals surface area (Å²) in [6.07, 6.45) is 4.45. The minimum absolute atomic E-state index is 0.00801. The van der Waals surface area contributed by atoms with E-state index in [-0.39, 0.29) is 30.2 Å². The Morgan fingerprint density at radius 3 is 1.78 bits per heavy atom. The molecule has 2 fully saturated rings. The van der Waals surface area contributed by atoms with Gasteiger partial charge in [0.25, 0.3) is 0 Å². The van der Waals surface area contributed by atoms with E-state index in [1.165, 1.54) is 51.4 Å². The Morgan fingerprint density at radius 2 is 1.23 bits per heavy atom. The van der Waals surface area contributed by atoms with Gasteiger partial charge in [0.05, 0.1) is 13.2 Å². The van der Waals surface area contributed by atoms with E-state index in [1.807, 2.05) is 6.92 Å². The van der Waals surface area contributed by atoms with Crippen LogP contribution in [0.2, 0.25) is 0 Å². The maximum absolute atomic E-state index is 13.6. The molecule has 60 heavy (non-hydrogen) atoms. The lowest BCUT2D eigenvalue weighted by atomic mass is 9.87. The number of hydrogen-bond acceptors (Lipinski definition) is 17. The summed E-state index contributed by atoms with van der Waals surface area (Å²) in [4.78, 5) is 27.1. The predicted octanol–water partition coefficient (Wildman–Crippen LogP) is 6.63. The largest absolute Gasteiger partial charge is 0.453 e. The molecule has 0 amide bonds. The molecule has 0 bridgehead atoms. The zero-order chi connectivity index (χ0) is 44.5. The highest BCUT2D eigenvalue weighted by Crippen LogP contribution is 2.34. The van der Waals surface area contributed by atoms with Crippen LogP contribution in [0.4, 0.5) is 0 Å². The van der Waals surface area contributed by atoms with E-state index >= 15 is 0 Å². The number of hydrogen-bond donors (Lipinski definition) is 6. The van der Waals surface area contributed by atoms with Crippen LogP contribution in [0, 0.1) is 17.8 Å². The molecule has 17 heteroatoms. The third-order valence-corrected chi connectivity index (χ3v) is 11.7. The predicted molar refractivity (Wildman–Crippen MR) is 223 cm³/mol. The van der Waals surface area contributed by atoms with Crippen molar-refractivity contribution in [3.63, 3.8) is 0 Å². The van der Waals surface area contributed by atoms with E-state index in [0.29, 0.717) is 18.3 Å². The molecule has 6 N–H and O–H groups in total. The topological polar surface area (TPSA) is 229 Å². The highest BCUT2D eigenvalue weighted by molar-refractivity contribution is 7.89. The monoisotopic (exact) mass is 883 g/mol. The van der Waals surface area contributed by atoms with Crippen LogP contribution in [0.25, 0.3) is 0 Å². The molecule has 2 rings (SSSR count). The molecule has 352 valence electrons. The molecule has 0 spiro atoms. The van der Waals surface area contributed by atoms with Crippen LogP contribution in [0.5, 0.6) is 0 Å². The normalized spacial score (nSPS) is 28.9. The summed E-state index contributed by atoms with van der Waals surface area (Å²) in [5, 5.41) is 65.3. The molecule has 0 aromatic rings. The van der Waals surface area contributed by atoms with Crippen LogP contribution in [0.1, 0.15) is 157 Å². The Hall–Kier alpha value is -1.45. The smallest absolute Gasteiger partial charge is 0.333 e. The summed E-state index contributed by atoms with van der Waals surface area (Å²) in [5.41, 5.74) is 0.266. The molecule has 10 unspecified atom stereocenters. The molecule has 2 aliphatic rings. The van der Waals surface area contributed by atoms with Crippen molar-refractivity contribution >= 4 is 24.3 Å². The number of carbonyl (C=O) groups excluding carboxylic acids is 2. The van der Waals surface area contributed by atoms with Crippen LogP contribution in [0.3, 0.4) is 0 Å². The Kier molecular flexibility index (Phi) is 28.6. The van der Waals surface area contributed by atoms with E-state index in [1.54, 1.807) is 13.0 Å². The van der Waals surface area contributed by atoms with Gasteiger partial charge in [0.1, 0.15) is 36.6 Å². The fourth-order valence-corrected chi connectivity index (χ4v) is 8.58. The van der Waals surface area contributed by atoms with Crippen LogP contribution < -0.4 is 0 Å². The maximum atomic E-state index is 13.6. The summed E-state index contributed by atoms with van der Waals surface area (Å²) < 4.78 is 38.6. The highest BCUT2D eigenvalue weighted by atomic mass is 32.2. The van der Waals surface area contributed by atoms with Gasteiger partial charge in [-0.15, -0.1) is 4.33 Å². The van der Waals surface area contributed by atoms with Crippen molar-refractivity contribution in [2.45, 2.75) is 219 Å². The van der Waals surface area contributed by atoms with Gasteiger partial charge in [-0.05, 0) is 43.9 Å². The number of aliphatic hydroxyl groups excluding tert-OH is 5. The number of ether oxygens (including phenoxy) is 5. The first-order chi connectivity index (χ1) is 28.8. The molecule has 0 aromatic heterocycles. The third-order valence-electron chi connectivity index (χ3n) is 11.3. The van der Waals surface area contributed by atoms with E-state index < -0.39 is 86.6 Å². The van der Waals surface area contributed by atoms with Crippen molar-refractivity contribution in [2.24, 2.45) is 17.8 Å². The van der Waals surface area contributed by atoms with Gasteiger partial charge >= 0.3 is 11.9 Å². The number of allylic oxidation sites excluding steroid dienone is 1. The van der Waals surface area contributed by atoms with Gasteiger partial charge in [0, 0.05) is 12.0 Å². The highest BCUT2D eigenvalue weighted by Gasteiger charge is 2.54. The van der Waals surface area contributed by atoms with E-state index in [9.17, 15) is 35.1 Å². The van der Waals surface area contributed by atoms with Crippen LogP contribution >= 0.6 is 12.3 Å². The first-order valence-corrected chi connectivity index (χ1v) is 23.1. The van der Waals surface area contributed by atoms with Gasteiger partial charge in [-0.2, -0.15) is 0 Å². The van der Waals surface area contributed by atoms with Crippen LogP contribution in [0.15, 0.2) is 11.6 Å². The third kappa shape index (κ3) is 19.9. The van der Waals surface area contributed by atoms with Gasteiger partial charge in [0.15, 0.2) is 30.8 Å². The van der Waals surface area contributed by atoms with Crippen molar-refractivity contribution in [3.8, 4) is 0 Å². The Balaban J connectivity index is 2.21. The zero-order valence-electron chi connectivity index (χ0n) is 36.9. The number of aliphatic hydroxyl groups is 5. The number of unbranched alkanes of at least 4 members (excludes halogenated alkanes) is 12. The van der Waals surface area contributed by atoms with Crippen molar-refractivity contribution in [1.82, 2.24) is 0 Å². The van der Waals surface area contributed by atoms with Crippen LogP contribution in [-0.4, -0.2) is 117 Å². The molecule has 0 saturated carbocycles. The number of rotatable bonds is 32. The summed E-state index contributed by atoms with van der Waals surface area (Å²) in [5.74, 6) is -0.437. The molecule has 16 nitrogen and oxygen atoms in total. The molecule has 2 heterocycles. The van der Waals surface area contributed by atoms with E-state index in [2.05, 4.69) is 37.1 Å². The Bertz CT molecular complexity index is 1180. The molecule has 2 saturated heterocycles. The molecular weight excluding hydrogens is 805 g/mol. The lowest BCUT2D eigenvalue weighted by molar-refractivity contribution is -0.435. The van der Waals surface area contributed by atoms with Gasteiger partial charge in [-0.25, -0.2) is 10.1 Å². The maximum Gasteiger partial charge on any atom is 0.333 e. The van der Waals surface area contributed by atoms with Crippen LogP contribution in [-0.2, 0) is 46.8 Å². The van der Waals surface area contributed by atoms with Crippen molar-refractivity contribution in [2.75, 3.05) is 13.2 Å². The average Bonchev–Trinajstić information content (AvgIpc) is 3.20. The average molecular weight is 883 g/mol. The molecule has 2 aliphatic heterocycles. The van der Waals surface area contributed by atoms with Crippen molar-refractivity contribution < 1.29 is 77.6 Å². The first kappa shape index (κ1) is 54.7. The Morgan fingerprint density at radius 1 is 0.683 bits per heavy atom. The quantitative estimate of drug-likeness (QED) is 0.0104. The zero-order valence-corrected chi connectivity index (χ0v) is 37.7. The Labute approximate surface area is 362 Å². The van der Waals surface area contributed by atoms with Crippen molar-refractivity contribution in [3.05, 3.63) is 11.6 Å². The number of esters is 2. The summed E-state index contributed by atoms with van der Waals surface area (Å²) in [7, 11) is 0. The summed E-state index contributed by atoms with van der Waals surface area (Å²) >= 11 is 0.0671. The fourth-order valence-electron chi connectivity index (χ4n) is 8.20. The summed E-state index contributed by atoms with van der Waals surface area (Å²) in [6, 6.07) is 0. The summed E-state index contributed by atoms with van der Waals surface area (Å²) in [6.45, 7) is 10.9. The second-order valence-corrected chi connectivity index (χ2v) is 17.4. The molecular formula is C43H78O16S. The first-order valence-electron chi connectivity index (χ1n) is 22.4. The van der Waals surface area contributed by atoms with Crippen molar-refractivity contribution in [1.29, 1.82) is 0 Å². The lowest BCUT2D eigenvalue weighted by Gasteiger charge is -2.46. The van der Waals surface area contributed by atoms with E-state index in [0.717, 1.165) is 51.4 Å². The van der Waals surface area contributed by atoms with Gasteiger partial charge < -0.3 is 49.2 Å². The van der Waals surface area contributed by atoms with Gasteiger partial charge in [-0.1, -0.05) is 136 Å². The molecule has 13 atom stereocenters. The second-order valence-electron chi connectivity index (χ2n) is 16.9.